The largest absolute Gasteiger partial charge is 0.389 e. The highest BCUT2D eigenvalue weighted by Gasteiger charge is 2.30. The van der Waals surface area contributed by atoms with E-state index in [1.807, 2.05) is 18.7 Å². The third kappa shape index (κ3) is 5.80. The summed E-state index contributed by atoms with van der Waals surface area (Å²) in [5, 5.41) is 3.35. The van der Waals surface area contributed by atoms with E-state index in [2.05, 4.69) is 17.3 Å². The highest BCUT2D eigenvalue weighted by molar-refractivity contribution is 7.99. The van der Waals surface area contributed by atoms with Gasteiger partial charge in [0, 0.05) is 36.6 Å². The predicted octanol–water partition coefficient (Wildman–Crippen LogP) is 2.74. The van der Waals surface area contributed by atoms with Gasteiger partial charge in [-0.3, -0.25) is 0 Å². The topological polar surface area (TPSA) is 15.3 Å². The Morgan fingerprint density at radius 3 is 2.72 bits per heavy atom. The van der Waals surface area contributed by atoms with Crippen LogP contribution in [0, 0.1) is 0 Å². The number of rotatable bonds is 6. The number of alkyl halides is 3. The summed E-state index contributed by atoms with van der Waals surface area (Å²) in [6.07, 6.45) is -3.87. The van der Waals surface area contributed by atoms with E-state index in [-0.39, 0.29) is 12.5 Å². The van der Waals surface area contributed by atoms with E-state index in [1.54, 1.807) is 0 Å². The molecule has 1 heterocycles. The molecule has 0 radical (unpaired) electrons. The molecule has 6 heteroatoms. The molecule has 0 saturated carbocycles. The highest BCUT2D eigenvalue weighted by Crippen LogP contribution is 2.25. The molecule has 2 nitrogen and oxygen atoms in total. The number of likely N-dealkylation sites (N-methyl/N-ethyl adjacent to an activating group) is 2. The molecule has 2 atom stereocenters. The fourth-order valence-corrected chi connectivity index (χ4v) is 3.66. The van der Waals surface area contributed by atoms with Crippen molar-refractivity contribution in [3.63, 3.8) is 0 Å². The zero-order valence-corrected chi connectivity index (χ0v) is 11.9. The molecule has 1 saturated heterocycles. The molecule has 1 aliphatic rings. The van der Waals surface area contributed by atoms with Gasteiger partial charge in [0.05, 0.1) is 0 Å². The first-order chi connectivity index (χ1) is 8.44. The van der Waals surface area contributed by atoms with Crippen LogP contribution >= 0.6 is 11.8 Å². The molecule has 18 heavy (non-hydrogen) atoms. The predicted molar refractivity (Wildman–Crippen MR) is 71.1 cm³/mol. The molecule has 0 aromatic carbocycles. The Bertz CT molecular complexity index is 236. The molecule has 0 aromatic rings. The van der Waals surface area contributed by atoms with Gasteiger partial charge in [-0.25, -0.2) is 0 Å². The Morgan fingerprint density at radius 2 is 2.17 bits per heavy atom. The van der Waals surface area contributed by atoms with Crippen LogP contribution in [0.4, 0.5) is 13.2 Å². The number of nitrogens with zero attached hydrogens (tertiary/aromatic N) is 1. The summed E-state index contributed by atoms with van der Waals surface area (Å²) in [5.41, 5.74) is 0. The van der Waals surface area contributed by atoms with Gasteiger partial charge in [0.25, 0.3) is 0 Å². The van der Waals surface area contributed by atoms with Crippen LogP contribution < -0.4 is 5.32 Å². The number of hydrogen-bond acceptors (Lipinski definition) is 3. The maximum Gasteiger partial charge on any atom is 0.389 e. The van der Waals surface area contributed by atoms with Gasteiger partial charge < -0.3 is 10.2 Å². The maximum absolute atomic E-state index is 12.2. The Hall–Kier alpha value is 0.0600. The van der Waals surface area contributed by atoms with Crippen LogP contribution in [-0.2, 0) is 0 Å². The SMILES string of the molecule is CCNC(CCCC(F)(F)F)C1CSCCN1C. The van der Waals surface area contributed by atoms with E-state index in [4.69, 9.17) is 0 Å². The molecule has 0 aliphatic carbocycles. The third-order valence-corrected chi connectivity index (χ3v) is 4.40. The molecule has 0 aromatic heterocycles. The summed E-state index contributed by atoms with van der Waals surface area (Å²) in [4.78, 5) is 2.28. The Kier molecular flexibility index (Phi) is 6.81. The molecule has 108 valence electrons. The van der Waals surface area contributed by atoms with Crippen LogP contribution in [0.3, 0.4) is 0 Å². The van der Waals surface area contributed by atoms with Crippen molar-refractivity contribution in [2.24, 2.45) is 0 Å². The molecule has 1 fully saturated rings. The third-order valence-electron chi connectivity index (χ3n) is 3.35. The zero-order chi connectivity index (χ0) is 13.6. The van der Waals surface area contributed by atoms with Gasteiger partial charge in [0.1, 0.15) is 0 Å². The fraction of sp³-hybridized carbons (Fsp3) is 1.00. The van der Waals surface area contributed by atoms with Gasteiger partial charge >= 0.3 is 6.18 Å². The van der Waals surface area contributed by atoms with Crippen LogP contribution in [0.15, 0.2) is 0 Å². The molecule has 2 unspecified atom stereocenters. The molecule has 1 N–H and O–H groups in total. The molecular formula is C12H23F3N2S. The number of nitrogens with one attached hydrogen (secondary N) is 1. The van der Waals surface area contributed by atoms with Crippen molar-refractivity contribution in [2.45, 2.75) is 44.4 Å². The second-order valence-electron chi connectivity index (χ2n) is 4.79. The first-order valence-electron chi connectivity index (χ1n) is 6.52. The first-order valence-corrected chi connectivity index (χ1v) is 7.67. The Balaban J connectivity index is 2.42. The van der Waals surface area contributed by atoms with E-state index < -0.39 is 12.6 Å². The zero-order valence-electron chi connectivity index (χ0n) is 11.1. The van der Waals surface area contributed by atoms with E-state index in [0.717, 1.165) is 24.6 Å². The summed E-state index contributed by atoms with van der Waals surface area (Å²) < 4.78 is 36.5. The van der Waals surface area contributed by atoms with Gasteiger partial charge in [-0.1, -0.05) is 6.92 Å². The minimum atomic E-state index is -4.02. The summed E-state index contributed by atoms with van der Waals surface area (Å²) in [7, 11) is 2.07. The molecular weight excluding hydrogens is 261 g/mol. The standard InChI is InChI=1S/C12H23F3N2S/c1-3-16-10(5-4-6-12(13,14)15)11-9-18-8-7-17(11)2/h10-11,16H,3-9H2,1-2H3. The van der Waals surface area contributed by atoms with Crippen molar-refractivity contribution in [1.82, 2.24) is 10.2 Å². The smallest absolute Gasteiger partial charge is 0.313 e. The second kappa shape index (κ2) is 7.60. The lowest BCUT2D eigenvalue weighted by molar-refractivity contribution is -0.136. The van der Waals surface area contributed by atoms with Crippen LogP contribution in [0.2, 0.25) is 0 Å². The summed E-state index contributed by atoms with van der Waals surface area (Å²) in [5.74, 6) is 2.13. The van der Waals surface area contributed by atoms with Gasteiger partial charge in [-0.05, 0) is 26.4 Å². The van der Waals surface area contributed by atoms with E-state index in [9.17, 15) is 13.2 Å². The molecule has 0 bridgehead atoms. The van der Waals surface area contributed by atoms with Gasteiger partial charge in [-0.15, -0.1) is 0 Å². The number of thioether (sulfide) groups is 1. The second-order valence-corrected chi connectivity index (χ2v) is 5.94. The normalized spacial score (nSPS) is 24.2. The average molecular weight is 284 g/mol. The van der Waals surface area contributed by atoms with Crippen LogP contribution in [0.5, 0.6) is 0 Å². The lowest BCUT2D eigenvalue weighted by atomic mass is 10.0. The van der Waals surface area contributed by atoms with Crippen LogP contribution in [0.25, 0.3) is 0 Å². The molecule has 0 amide bonds. The monoisotopic (exact) mass is 284 g/mol. The van der Waals surface area contributed by atoms with Crippen molar-refractivity contribution < 1.29 is 13.2 Å². The molecule has 1 aliphatic heterocycles. The minimum absolute atomic E-state index is 0.176. The number of hydrogen-bond donors (Lipinski definition) is 1. The molecule has 1 rings (SSSR count). The van der Waals surface area contributed by atoms with Crippen molar-refractivity contribution in [3.05, 3.63) is 0 Å². The maximum atomic E-state index is 12.2. The van der Waals surface area contributed by atoms with Crippen molar-refractivity contribution >= 4 is 11.8 Å². The molecule has 0 spiro atoms. The van der Waals surface area contributed by atoms with Gasteiger partial charge in [0.2, 0.25) is 0 Å². The van der Waals surface area contributed by atoms with Crippen LogP contribution in [-0.4, -0.2) is 54.8 Å². The quantitative estimate of drug-likeness (QED) is 0.807. The summed E-state index contributed by atoms with van der Waals surface area (Å²) >= 11 is 1.90. The van der Waals surface area contributed by atoms with Crippen molar-refractivity contribution in [2.75, 3.05) is 31.6 Å². The van der Waals surface area contributed by atoms with E-state index in [1.165, 1.54) is 0 Å². The summed E-state index contributed by atoms with van der Waals surface area (Å²) in [6.45, 7) is 3.84. The van der Waals surface area contributed by atoms with E-state index >= 15 is 0 Å². The lowest BCUT2D eigenvalue weighted by Gasteiger charge is -2.38. The Labute approximate surface area is 112 Å². The first kappa shape index (κ1) is 16.1. The number of halogens is 3. The lowest BCUT2D eigenvalue weighted by Crippen LogP contribution is -2.52. The average Bonchev–Trinajstić information content (AvgIpc) is 2.27. The van der Waals surface area contributed by atoms with E-state index in [0.29, 0.717) is 12.5 Å². The summed E-state index contributed by atoms with van der Waals surface area (Å²) in [6, 6.07) is 0.534. The highest BCUT2D eigenvalue weighted by atomic mass is 32.2. The van der Waals surface area contributed by atoms with Crippen LogP contribution in [0.1, 0.15) is 26.2 Å². The Morgan fingerprint density at radius 1 is 1.44 bits per heavy atom. The van der Waals surface area contributed by atoms with Gasteiger partial charge in [0.15, 0.2) is 0 Å². The van der Waals surface area contributed by atoms with Gasteiger partial charge in [-0.2, -0.15) is 24.9 Å². The fourth-order valence-electron chi connectivity index (χ4n) is 2.34. The minimum Gasteiger partial charge on any atom is -0.313 e. The van der Waals surface area contributed by atoms with Crippen molar-refractivity contribution in [3.8, 4) is 0 Å². The van der Waals surface area contributed by atoms with Crippen molar-refractivity contribution in [1.29, 1.82) is 0 Å².